The lowest BCUT2D eigenvalue weighted by atomic mass is 10.0. The molecule has 4 aromatic heterocycles. The van der Waals surface area contributed by atoms with Crippen LogP contribution in [-0.4, -0.2) is 19.9 Å². The molecule has 0 unspecified atom stereocenters. The molecule has 4 heteroatoms. The number of nitrogens with one attached hydrogen (secondary N) is 2. The van der Waals surface area contributed by atoms with E-state index in [0.717, 1.165) is 196 Å². The molecule has 0 aliphatic heterocycles. The zero-order valence-corrected chi connectivity index (χ0v) is 51.3. The quantitative estimate of drug-likeness (QED) is 0.149. The van der Waals surface area contributed by atoms with Gasteiger partial charge >= 0.3 is 0 Å². The molecule has 96 heavy (non-hydrogen) atoms. The fraction of sp³-hybridized carbons (Fsp3) is 0. The van der Waals surface area contributed by atoms with E-state index in [-0.39, 0.29) is 0 Å². The smallest absolute Gasteiger partial charge is 0.0901 e. The molecule has 0 saturated carbocycles. The minimum absolute atomic E-state index is 0.747. The van der Waals surface area contributed by atoms with Crippen LogP contribution in [0.25, 0.3) is 173 Å². The Morgan fingerprint density at radius 3 is 0.583 bits per heavy atom. The number of H-pyrrole nitrogens is 2. The Bertz CT molecular complexity index is 6130. The highest BCUT2D eigenvalue weighted by Gasteiger charge is 2.29. The minimum Gasteiger partial charge on any atom is -0.352 e. The van der Waals surface area contributed by atoms with Crippen LogP contribution >= 0.6 is 0 Å². The Labute approximate surface area is 548 Å². The molecule has 0 atom stereocenters. The highest BCUT2D eigenvalue weighted by atomic mass is 14.8. The van der Waals surface area contributed by atoms with Crippen molar-refractivity contribution in [1.82, 2.24) is 19.9 Å². The number of hydrogen-bond acceptors (Lipinski definition) is 2. The van der Waals surface area contributed by atoms with Gasteiger partial charge in [-0.2, -0.15) is 0 Å². The van der Waals surface area contributed by atoms with Crippen molar-refractivity contribution in [1.29, 1.82) is 0 Å². The summed E-state index contributed by atoms with van der Waals surface area (Å²) in [6.07, 6.45) is 0. The van der Waals surface area contributed by atoms with Gasteiger partial charge in [-0.15, -0.1) is 0 Å². The maximum atomic E-state index is 6.25. The molecule has 2 N–H and O–H groups in total. The van der Waals surface area contributed by atoms with Crippen LogP contribution in [-0.2, 0) is 0 Å². The van der Waals surface area contributed by atoms with Crippen LogP contribution in [0.3, 0.4) is 0 Å². The van der Waals surface area contributed by atoms with Crippen LogP contribution in [0.2, 0.25) is 0 Å². The summed E-state index contributed by atoms with van der Waals surface area (Å²) >= 11 is 0. The highest BCUT2D eigenvalue weighted by Crippen LogP contribution is 2.52. The van der Waals surface area contributed by atoms with Crippen LogP contribution in [0.4, 0.5) is 0 Å². The van der Waals surface area contributed by atoms with Gasteiger partial charge in [-0.1, -0.05) is 266 Å². The van der Waals surface area contributed by atoms with Crippen molar-refractivity contribution in [3.8, 4) is 47.4 Å². The molecular weight excluding hydrogens is 1160 g/mol. The lowest BCUT2D eigenvalue weighted by Crippen LogP contribution is -1.86. The summed E-state index contributed by atoms with van der Waals surface area (Å²) < 4.78 is 0. The summed E-state index contributed by atoms with van der Waals surface area (Å²) in [6.45, 7) is 0. The predicted molar refractivity (Wildman–Crippen MR) is 403 cm³/mol. The third kappa shape index (κ3) is 7.39. The molecule has 0 radical (unpaired) electrons. The summed E-state index contributed by atoms with van der Waals surface area (Å²) in [5.74, 6) is 30.8. The molecule has 0 saturated heterocycles. The van der Waals surface area contributed by atoms with Gasteiger partial charge in [0.2, 0.25) is 0 Å². The average molecular weight is 1210 g/mol. The van der Waals surface area contributed by atoms with E-state index in [0.29, 0.717) is 0 Å². The van der Waals surface area contributed by atoms with Crippen molar-refractivity contribution in [2.24, 2.45) is 0 Å². The number of hydrogen-bond donors (Lipinski definition) is 2. The predicted octanol–water partition coefficient (Wildman–Crippen LogP) is 22.1. The van der Waals surface area contributed by atoms with Crippen molar-refractivity contribution < 1.29 is 0 Å². The van der Waals surface area contributed by atoms with E-state index in [1.807, 2.05) is 24.3 Å². The first-order valence-corrected chi connectivity index (χ1v) is 32.5. The summed E-state index contributed by atoms with van der Waals surface area (Å²) in [7, 11) is 0. The fourth-order valence-electron chi connectivity index (χ4n) is 16.1. The maximum Gasteiger partial charge on any atom is 0.0901 e. The third-order valence-electron chi connectivity index (χ3n) is 20.0. The van der Waals surface area contributed by atoms with Crippen molar-refractivity contribution in [3.05, 3.63) is 311 Å². The molecule has 4 nitrogen and oxygen atoms in total. The van der Waals surface area contributed by atoms with Gasteiger partial charge in [-0.25, -0.2) is 9.97 Å². The van der Waals surface area contributed by atoms with Gasteiger partial charge in [-0.05, 0) is 135 Å². The molecule has 0 spiro atoms. The first-order valence-electron chi connectivity index (χ1n) is 32.5. The summed E-state index contributed by atoms with van der Waals surface area (Å²) in [6, 6.07) is 94.7. The topological polar surface area (TPSA) is 57.4 Å². The molecule has 21 rings (SSSR count). The van der Waals surface area contributed by atoms with Crippen molar-refractivity contribution >= 4 is 173 Å². The Kier molecular flexibility index (Phi) is 10.9. The van der Waals surface area contributed by atoms with Crippen LogP contribution < -0.4 is 0 Å². The highest BCUT2D eigenvalue weighted by molar-refractivity contribution is 6.45. The van der Waals surface area contributed by atoms with E-state index < -0.39 is 0 Å². The van der Waals surface area contributed by atoms with E-state index in [1.165, 1.54) is 21.5 Å². The van der Waals surface area contributed by atoms with Gasteiger partial charge < -0.3 is 9.97 Å². The number of nitrogens with zero attached hydrogens (tertiary/aromatic N) is 2. The van der Waals surface area contributed by atoms with Crippen molar-refractivity contribution in [2.45, 2.75) is 0 Å². The molecule has 17 aromatic carbocycles. The number of rotatable bonds is 0. The third-order valence-corrected chi connectivity index (χ3v) is 20.0. The monoisotopic (exact) mass is 1210 g/mol. The zero-order valence-electron chi connectivity index (χ0n) is 51.3. The molecular formula is C92H46N4. The SMILES string of the molecule is C(#Cc1c2nc(c(C#Cc3ccccc3)c3[nH]c(c(C#Cc4ccccc4)c4nc(c(C#Cc5ccccc5)c5[nH]c1c1c6cccc7cccc(c76)c51)c1c5cccc6cccc(c65)c41)c1c4cccc5cccc(c54)c31)c1c3cccc4cccc(c43)c21)c1ccccc1. The van der Waals surface area contributed by atoms with Gasteiger partial charge in [0.05, 0.1) is 66.4 Å². The van der Waals surface area contributed by atoms with E-state index in [9.17, 15) is 0 Å². The Morgan fingerprint density at radius 1 is 0.177 bits per heavy atom. The summed E-state index contributed by atoms with van der Waals surface area (Å²) in [5.41, 5.74) is 12.9. The Morgan fingerprint density at radius 2 is 0.375 bits per heavy atom. The van der Waals surface area contributed by atoms with Gasteiger partial charge in [0.1, 0.15) is 0 Å². The normalized spacial score (nSPS) is 11.8. The second kappa shape index (κ2) is 20.0. The van der Waals surface area contributed by atoms with E-state index in [4.69, 9.17) is 9.97 Å². The second-order valence-corrected chi connectivity index (χ2v) is 25.2. The first kappa shape index (κ1) is 52.2. The Hall–Kier alpha value is -13.5. The van der Waals surface area contributed by atoms with E-state index in [2.05, 4.69) is 300 Å². The first-order chi connectivity index (χ1) is 47.7. The van der Waals surface area contributed by atoms with Crippen LogP contribution in [0, 0.1) is 47.4 Å². The Balaban J connectivity index is 1.14. The van der Waals surface area contributed by atoms with Crippen molar-refractivity contribution in [2.75, 3.05) is 0 Å². The molecule has 8 bridgehead atoms. The van der Waals surface area contributed by atoms with Crippen LogP contribution in [0.15, 0.2) is 267 Å². The molecule has 0 amide bonds. The zero-order chi connectivity index (χ0) is 62.7. The molecule has 21 aromatic rings. The molecule has 0 fully saturated rings. The average Bonchev–Trinajstić information content (AvgIpc) is 1.53. The van der Waals surface area contributed by atoms with Crippen LogP contribution in [0.5, 0.6) is 0 Å². The van der Waals surface area contributed by atoms with Gasteiger partial charge in [0.25, 0.3) is 0 Å². The van der Waals surface area contributed by atoms with E-state index in [1.54, 1.807) is 0 Å². The van der Waals surface area contributed by atoms with Crippen LogP contribution in [0.1, 0.15) is 44.5 Å². The number of benzene rings is 12. The minimum atomic E-state index is 0.747. The largest absolute Gasteiger partial charge is 0.352 e. The standard InChI is InChI=1S/C92H46N4/c1-5-21-53(22-6-1)45-49-69-85-77-61-37-13-29-57-31-15-39-63(73(57)61)79(77)87(93-85)70(50-46-54-23-7-2-8-24-54)89-81-65-41-17-33-59-35-19-43-67(75(59)65)83(81)91(95-89)72(52-48-56-27-11-4-12-28-56)92-84-68-44-20-36-60-34-18-42-66(76(60)68)82(84)90(96-92)71(51-47-55-25-9-3-10-26-55)88-80-64-40-16-32-58-30-14-38-62(74(58)64)78(80)86(69)94-88/h1-44,93,96H. The van der Waals surface area contributed by atoms with Gasteiger partial charge in [0, 0.05) is 65.3 Å². The molecule has 4 heterocycles. The summed E-state index contributed by atoms with van der Waals surface area (Å²) in [5, 5.41) is 26.2. The molecule has 0 aliphatic carbocycles. The fourth-order valence-corrected chi connectivity index (χ4v) is 16.1. The molecule has 434 valence electrons. The lowest BCUT2D eigenvalue weighted by Gasteiger charge is -2.02. The van der Waals surface area contributed by atoms with Gasteiger partial charge in [0.15, 0.2) is 0 Å². The second-order valence-electron chi connectivity index (χ2n) is 25.2. The maximum absolute atomic E-state index is 6.25. The number of aromatic amines is 2. The van der Waals surface area contributed by atoms with Crippen molar-refractivity contribution in [3.63, 3.8) is 0 Å². The van der Waals surface area contributed by atoms with E-state index >= 15 is 0 Å². The van der Waals surface area contributed by atoms with Gasteiger partial charge in [-0.3, -0.25) is 0 Å². The number of aromatic nitrogens is 4. The lowest BCUT2D eigenvalue weighted by molar-refractivity contribution is 1.47. The molecule has 0 aliphatic rings. The summed E-state index contributed by atoms with van der Waals surface area (Å²) in [4.78, 5) is 21.1.